The highest BCUT2D eigenvalue weighted by atomic mass is 32.1. The normalized spacial score (nSPS) is 15.4. The van der Waals surface area contributed by atoms with Crippen LogP contribution in [0.3, 0.4) is 0 Å². The summed E-state index contributed by atoms with van der Waals surface area (Å²) in [5, 5.41) is 0. The highest BCUT2D eigenvalue weighted by Gasteiger charge is 2.33. The maximum atomic E-state index is 13.6. The molecule has 0 bridgehead atoms. The van der Waals surface area contributed by atoms with Crippen molar-refractivity contribution in [1.82, 2.24) is 4.57 Å². The first-order valence-corrected chi connectivity index (χ1v) is 11.4. The second kappa shape index (κ2) is 9.93. The molecule has 2 heterocycles. The molecule has 0 N–H and O–H groups in total. The fourth-order valence-corrected chi connectivity index (χ4v) is 4.86. The third kappa shape index (κ3) is 4.32. The number of fused-ring (bicyclic) bond motifs is 1. The van der Waals surface area contributed by atoms with Crippen LogP contribution in [0.25, 0.3) is 6.08 Å². The summed E-state index contributed by atoms with van der Waals surface area (Å²) in [6, 6.07) is 14.1. The molecule has 34 heavy (non-hydrogen) atoms. The van der Waals surface area contributed by atoms with Crippen LogP contribution in [0.15, 0.2) is 82.2 Å². The van der Waals surface area contributed by atoms with Crippen molar-refractivity contribution in [2.75, 3.05) is 20.8 Å². The molecule has 4 rings (SSSR count). The number of aromatic nitrogens is 1. The Bertz CT molecular complexity index is 1450. The van der Waals surface area contributed by atoms with Gasteiger partial charge in [-0.15, -0.1) is 0 Å². The van der Waals surface area contributed by atoms with E-state index in [1.54, 1.807) is 43.9 Å². The predicted octanol–water partition coefficient (Wildman–Crippen LogP) is 2.98. The Kier molecular flexibility index (Phi) is 6.79. The molecule has 0 radical (unpaired) electrons. The maximum absolute atomic E-state index is 13.6. The fourth-order valence-electron chi connectivity index (χ4n) is 3.82. The Morgan fingerprint density at radius 2 is 1.94 bits per heavy atom. The minimum absolute atomic E-state index is 0.0683. The van der Waals surface area contributed by atoms with E-state index in [-0.39, 0.29) is 12.2 Å². The van der Waals surface area contributed by atoms with Gasteiger partial charge in [-0.25, -0.2) is 9.79 Å². The van der Waals surface area contributed by atoms with Crippen LogP contribution in [-0.4, -0.2) is 31.4 Å². The lowest BCUT2D eigenvalue weighted by Gasteiger charge is -2.24. The number of benzene rings is 2. The van der Waals surface area contributed by atoms with Crippen LogP contribution in [0.2, 0.25) is 0 Å². The zero-order valence-corrected chi connectivity index (χ0v) is 19.9. The number of allylic oxidation sites excluding steroid dienone is 1. The average Bonchev–Trinajstić information content (AvgIpc) is 3.16. The van der Waals surface area contributed by atoms with Gasteiger partial charge >= 0.3 is 5.97 Å². The van der Waals surface area contributed by atoms with Gasteiger partial charge in [0.15, 0.2) is 4.80 Å². The molecule has 0 saturated heterocycles. The Morgan fingerprint density at radius 1 is 1.18 bits per heavy atom. The van der Waals surface area contributed by atoms with Crippen LogP contribution in [0.5, 0.6) is 11.5 Å². The van der Waals surface area contributed by atoms with E-state index in [1.807, 2.05) is 36.4 Å². The summed E-state index contributed by atoms with van der Waals surface area (Å²) in [4.78, 5) is 31.7. The van der Waals surface area contributed by atoms with Gasteiger partial charge in [0.25, 0.3) is 5.56 Å². The molecular weight excluding hydrogens is 452 g/mol. The zero-order chi connectivity index (χ0) is 24.2. The second-order valence-electron chi connectivity index (χ2n) is 7.49. The summed E-state index contributed by atoms with van der Waals surface area (Å²) in [6.45, 7) is 5.42. The third-order valence-corrected chi connectivity index (χ3v) is 6.40. The second-order valence-corrected chi connectivity index (χ2v) is 8.50. The topological polar surface area (TPSA) is 79.1 Å². The predicted molar refractivity (Wildman–Crippen MR) is 131 cm³/mol. The molecule has 1 aliphatic rings. The average molecular weight is 477 g/mol. The molecular formula is C26H24N2O5S. The molecule has 174 valence electrons. The Morgan fingerprint density at radius 3 is 2.62 bits per heavy atom. The lowest BCUT2D eigenvalue weighted by atomic mass is 9.96. The van der Waals surface area contributed by atoms with Crippen LogP contribution in [-0.2, 0) is 9.53 Å². The van der Waals surface area contributed by atoms with E-state index in [0.717, 1.165) is 11.1 Å². The molecule has 1 aromatic heterocycles. The monoisotopic (exact) mass is 476 g/mol. The molecule has 1 aliphatic heterocycles. The van der Waals surface area contributed by atoms with Crippen molar-refractivity contribution in [1.29, 1.82) is 0 Å². The molecule has 0 spiro atoms. The van der Waals surface area contributed by atoms with Crippen molar-refractivity contribution in [3.05, 3.63) is 103 Å². The number of thiazole rings is 1. The first-order valence-electron chi connectivity index (χ1n) is 10.6. The lowest BCUT2D eigenvalue weighted by molar-refractivity contribution is -0.138. The van der Waals surface area contributed by atoms with Gasteiger partial charge in [0.1, 0.15) is 18.1 Å². The third-order valence-electron chi connectivity index (χ3n) is 5.42. The molecule has 1 unspecified atom stereocenters. The zero-order valence-electron chi connectivity index (χ0n) is 19.1. The molecule has 0 fully saturated rings. The minimum atomic E-state index is -0.658. The van der Waals surface area contributed by atoms with Crippen molar-refractivity contribution < 1.29 is 19.0 Å². The van der Waals surface area contributed by atoms with Gasteiger partial charge in [-0.1, -0.05) is 54.3 Å². The highest BCUT2D eigenvalue weighted by Crippen LogP contribution is 2.30. The smallest absolute Gasteiger partial charge is 0.338 e. The molecule has 2 aromatic carbocycles. The van der Waals surface area contributed by atoms with Crippen LogP contribution < -0.4 is 24.4 Å². The van der Waals surface area contributed by atoms with Crippen molar-refractivity contribution >= 4 is 23.4 Å². The van der Waals surface area contributed by atoms with Crippen LogP contribution >= 0.6 is 11.3 Å². The molecule has 3 aromatic rings. The highest BCUT2D eigenvalue weighted by molar-refractivity contribution is 7.07. The van der Waals surface area contributed by atoms with Gasteiger partial charge in [0.05, 0.1) is 36.1 Å². The van der Waals surface area contributed by atoms with E-state index in [4.69, 9.17) is 14.2 Å². The van der Waals surface area contributed by atoms with Gasteiger partial charge in [0, 0.05) is 11.6 Å². The maximum Gasteiger partial charge on any atom is 0.338 e. The Balaban J connectivity index is 1.92. The minimum Gasteiger partial charge on any atom is -0.497 e. The van der Waals surface area contributed by atoms with Gasteiger partial charge in [0.2, 0.25) is 0 Å². The van der Waals surface area contributed by atoms with Crippen LogP contribution in [0.4, 0.5) is 0 Å². The number of rotatable bonds is 7. The summed E-state index contributed by atoms with van der Waals surface area (Å²) in [7, 11) is 3.14. The molecule has 8 heteroatoms. The first-order chi connectivity index (χ1) is 16.5. The number of hydrogen-bond acceptors (Lipinski definition) is 7. The van der Waals surface area contributed by atoms with Crippen molar-refractivity contribution in [3.63, 3.8) is 0 Å². The fraction of sp³-hybridized carbons (Fsp3) is 0.192. The number of methoxy groups -OCH3 is 2. The van der Waals surface area contributed by atoms with E-state index in [2.05, 4.69) is 11.6 Å². The number of ether oxygens (including phenoxy) is 3. The Hall–Kier alpha value is -3.91. The number of nitrogens with zero attached hydrogens (tertiary/aromatic N) is 2. The first kappa shape index (κ1) is 23.3. The number of carbonyl (C=O) groups is 1. The number of carbonyl (C=O) groups excluding carboxylic acids is 1. The quantitative estimate of drug-likeness (QED) is 0.387. The van der Waals surface area contributed by atoms with Crippen molar-refractivity contribution in [3.8, 4) is 11.5 Å². The summed E-state index contributed by atoms with van der Waals surface area (Å²) < 4.78 is 18.1. The van der Waals surface area contributed by atoms with Gasteiger partial charge in [-0.3, -0.25) is 9.36 Å². The van der Waals surface area contributed by atoms with Crippen LogP contribution in [0, 0.1) is 0 Å². The van der Waals surface area contributed by atoms with Gasteiger partial charge in [-0.2, -0.15) is 0 Å². The molecule has 7 nitrogen and oxygen atoms in total. The molecule has 0 saturated carbocycles. The van der Waals surface area contributed by atoms with E-state index in [9.17, 15) is 9.59 Å². The largest absolute Gasteiger partial charge is 0.497 e. The van der Waals surface area contributed by atoms with Crippen molar-refractivity contribution in [2.45, 2.75) is 13.0 Å². The van der Waals surface area contributed by atoms with Crippen molar-refractivity contribution in [2.24, 2.45) is 4.99 Å². The molecule has 0 amide bonds. The lowest BCUT2D eigenvalue weighted by Crippen LogP contribution is -2.39. The number of esters is 1. The number of hydrogen-bond donors (Lipinski definition) is 0. The summed E-state index contributed by atoms with van der Waals surface area (Å²) in [5.74, 6) is 0.702. The van der Waals surface area contributed by atoms with E-state index >= 15 is 0 Å². The van der Waals surface area contributed by atoms with E-state index in [0.29, 0.717) is 32.1 Å². The molecule has 1 atom stereocenters. The summed E-state index contributed by atoms with van der Waals surface area (Å²) in [6.07, 6.45) is 3.27. The SMILES string of the molecule is C=CCOC(=O)C1=C(C)N=c2s/c(=C/c3ccc(OC)cc3OC)c(=O)n2C1c1ccccc1. The van der Waals surface area contributed by atoms with Gasteiger partial charge in [-0.05, 0) is 30.7 Å². The van der Waals surface area contributed by atoms with E-state index < -0.39 is 12.0 Å². The van der Waals surface area contributed by atoms with Crippen LogP contribution in [0.1, 0.15) is 24.1 Å². The summed E-state index contributed by atoms with van der Waals surface area (Å²) >= 11 is 1.26. The van der Waals surface area contributed by atoms with Gasteiger partial charge < -0.3 is 14.2 Å². The Labute approximate surface area is 200 Å². The standard InChI is InChI=1S/C26H24N2O5S/c1-5-13-33-25(30)22-16(2)27-26-28(23(22)17-9-7-6-8-10-17)24(29)21(34-26)14-18-11-12-19(31-3)15-20(18)32-4/h5-12,14-15,23H,1,13H2,2-4H3/b21-14+. The van der Waals surface area contributed by atoms with E-state index in [1.165, 1.54) is 17.4 Å². The summed E-state index contributed by atoms with van der Waals surface area (Å²) in [5.41, 5.74) is 2.10. The molecule has 0 aliphatic carbocycles.